The molecule has 0 aliphatic rings. The summed E-state index contributed by atoms with van der Waals surface area (Å²) in [5.74, 6) is -1.03. The lowest BCUT2D eigenvalue weighted by atomic mass is 10.4. The van der Waals surface area contributed by atoms with Gasteiger partial charge in [-0.05, 0) is 20.8 Å². The van der Waals surface area contributed by atoms with Crippen molar-refractivity contribution in [3.8, 4) is 0 Å². The molecule has 152 valence electrons. The topological polar surface area (TPSA) is 78.9 Å². The zero-order valence-corrected chi connectivity index (χ0v) is 17.6. The normalized spacial score (nSPS) is 8.73. The Morgan fingerprint density at radius 1 is 0.962 bits per heavy atom. The minimum atomic E-state index is -0.359. The van der Waals surface area contributed by atoms with E-state index in [2.05, 4.69) is 29.2 Å². The second kappa shape index (κ2) is 17.7. The summed E-state index contributed by atoms with van der Waals surface area (Å²) in [5, 5.41) is 0. The van der Waals surface area contributed by atoms with E-state index in [0.717, 1.165) is 6.08 Å². The van der Waals surface area contributed by atoms with Crippen LogP contribution in [0.3, 0.4) is 0 Å². The first kappa shape index (κ1) is 31.6. The van der Waals surface area contributed by atoms with Gasteiger partial charge >= 0.3 is 17.9 Å². The Kier molecular flexibility index (Phi) is 21.5. The maximum atomic E-state index is 10.9. The Morgan fingerprint density at radius 3 is 1.54 bits per heavy atom. The molecule has 0 fully saturated rings. The molecule has 0 saturated carbocycles. The molecule has 7 nitrogen and oxygen atoms in total. The van der Waals surface area contributed by atoms with Gasteiger partial charge in [0.05, 0.1) is 34.9 Å². The fraction of sp³-hybridized carbons (Fsp3) is 0.500. The Labute approximate surface area is 163 Å². The fourth-order valence-electron chi connectivity index (χ4n) is 0.751. The molecule has 0 rings (SSSR count). The van der Waals surface area contributed by atoms with Crippen molar-refractivity contribution in [3.63, 3.8) is 0 Å². The third-order valence-electron chi connectivity index (χ3n) is 1.92. The summed E-state index contributed by atoms with van der Waals surface area (Å²) in [6, 6.07) is 0. The van der Waals surface area contributed by atoms with Gasteiger partial charge in [-0.15, -0.1) is 0 Å². The molecule has 0 aromatic carbocycles. The van der Waals surface area contributed by atoms with Crippen molar-refractivity contribution in [2.75, 3.05) is 41.6 Å². The predicted molar refractivity (Wildman–Crippen MR) is 97.5 cm³/mol. The van der Waals surface area contributed by atoms with Gasteiger partial charge in [-0.2, -0.15) is 0 Å². The van der Waals surface area contributed by atoms with E-state index < -0.39 is 0 Å². The van der Waals surface area contributed by atoms with E-state index >= 15 is 0 Å². The molecule has 0 aliphatic heterocycles. The Balaban J connectivity index is -0.000000143. The van der Waals surface area contributed by atoms with Crippen LogP contribution in [0, 0.1) is 0 Å². The number of quaternary nitrogens is 1. The number of ether oxygens (including phenoxy) is 3. The van der Waals surface area contributed by atoms with Crippen molar-refractivity contribution >= 4 is 17.9 Å². The quantitative estimate of drug-likeness (QED) is 0.194. The number of hydrogen-bond donors (Lipinski definition) is 0. The average Bonchev–Trinajstić information content (AvgIpc) is 2.52. The van der Waals surface area contributed by atoms with Crippen LogP contribution in [-0.2, 0) is 28.6 Å². The van der Waals surface area contributed by atoms with Gasteiger partial charge in [-0.3, -0.25) is 4.48 Å². The number of carbonyl (C=O) groups is 3. The first-order valence-electron chi connectivity index (χ1n) is 7.48. The van der Waals surface area contributed by atoms with Crippen molar-refractivity contribution < 1.29 is 45.5 Å². The van der Waals surface area contributed by atoms with Crippen molar-refractivity contribution in [1.29, 1.82) is 0 Å². The van der Waals surface area contributed by atoms with Gasteiger partial charge in [0.2, 0.25) is 6.73 Å². The SMILES string of the molecule is C=C(C)C(=O)OC.C=C(C)C(=O)OC[N+](C)(C)C.C=CC(=O)OCC.[Cl-]. The number of nitrogens with zero attached hydrogens (tertiary/aromatic N) is 1. The maximum Gasteiger partial charge on any atom is 0.337 e. The van der Waals surface area contributed by atoms with E-state index in [9.17, 15) is 14.4 Å². The monoisotopic (exact) mass is 393 g/mol. The van der Waals surface area contributed by atoms with Crippen LogP contribution in [0.4, 0.5) is 0 Å². The molecule has 0 bridgehead atoms. The van der Waals surface area contributed by atoms with Crippen LogP contribution < -0.4 is 12.4 Å². The lowest BCUT2D eigenvalue weighted by molar-refractivity contribution is -0.888. The average molecular weight is 394 g/mol. The molecular weight excluding hydrogens is 362 g/mol. The van der Waals surface area contributed by atoms with Gasteiger partial charge in [0.1, 0.15) is 0 Å². The number of halogens is 1. The molecule has 0 atom stereocenters. The number of hydrogen-bond acceptors (Lipinski definition) is 6. The summed E-state index contributed by atoms with van der Waals surface area (Å²) in [7, 11) is 7.18. The highest BCUT2D eigenvalue weighted by Crippen LogP contribution is 1.96. The van der Waals surface area contributed by atoms with E-state index in [1.165, 1.54) is 7.11 Å². The molecule has 8 heteroatoms. The molecule has 0 radical (unpaired) electrons. The Morgan fingerprint density at radius 2 is 1.38 bits per heavy atom. The Bertz CT molecular complexity index is 479. The maximum absolute atomic E-state index is 10.9. The zero-order valence-electron chi connectivity index (χ0n) is 16.9. The third-order valence-corrected chi connectivity index (χ3v) is 1.92. The largest absolute Gasteiger partial charge is 1.00 e. The van der Waals surface area contributed by atoms with Crippen LogP contribution in [0.2, 0.25) is 0 Å². The molecule has 0 aliphatic carbocycles. The lowest BCUT2D eigenvalue weighted by Crippen LogP contribution is -3.00. The van der Waals surface area contributed by atoms with Gasteiger partial charge in [-0.25, -0.2) is 14.4 Å². The van der Waals surface area contributed by atoms with Crippen molar-refractivity contribution in [2.24, 2.45) is 0 Å². The summed E-state index contributed by atoms with van der Waals surface area (Å²) >= 11 is 0. The van der Waals surface area contributed by atoms with Crippen LogP contribution in [0.25, 0.3) is 0 Å². The fourth-order valence-corrected chi connectivity index (χ4v) is 0.751. The molecule has 0 amide bonds. The van der Waals surface area contributed by atoms with Gasteiger partial charge < -0.3 is 26.6 Å². The molecule has 0 heterocycles. The first-order chi connectivity index (χ1) is 11.3. The smallest absolute Gasteiger partial charge is 0.337 e. The van der Waals surface area contributed by atoms with Crippen LogP contribution in [0.15, 0.2) is 37.0 Å². The van der Waals surface area contributed by atoms with Crippen molar-refractivity contribution in [2.45, 2.75) is 20.8 Å². The van der Waals surface area contributed by atoms with E-state index in [1.54, 1.807) is 20.8 Å². The molecule has 0 spiro atoms. The van der Waals surface area contributed by atoms with E-state index in [-0.39, 0.29) is 30.3 Å². The predicted octanol–water partition coefficient (Wildman–Crippen LogP) is -0.756. The number of carbonyl (C=O) groups excluding carboxylic acids is 3. The summed E-state index contributed by atoms with van der Waals surface area (Å²) in [6.45, 7) is 15.8. The van der Waals surface area contributed by atoms with E-state index in [0.29, 0.717) is 29.0 Å². The standard InChI is InChI=1S/C8H16NO2.2C5H8O2.ClH/c1-7(2)8(10)11-6-9(3,4)5;1-4(2)5(6)7-3;1-3-5(6)7-4-2;/h1,6H2,2-5H3;1H2,2-3H3;3H,1,4H2,2H3;1H/q+1;;;/p-1. The molecule has 26 heavy (non-hydrogen) atoms. The first-order valence-corrected chi connectivity index (χ1v) is 7.48. The molecule has 0 aromatic heterocycles. The minimum absolute atomic E-state index is 0. The number of methoxy groups -OCH3 is 1. The van der Waals surface area contributed by atoms with Gasteiger partial charge in [0.15, 0.2) is 0 Å². The van der Waals surface area contributed by atoms with Crippen molar-refractivity contribution in [3.05, 3.63) is 37.0 Å². The Hall–Kier alpha value is -2.12. The minimum Gasteiger partial charge on any atom is -1.00 e. The van der Waals surface area contributed by atoms with Crippen LogP contribution in [0.1, 0.15) is 20.8 Å². The molecule has 0 N–H and O–H groups in total. The second-order valence-electron chi connectivity index (χ2n) is 5.86. The lowest BCUT2D eigenvalue weighted by Gasteiger charge is -2.22. The van der Waals surface area contributed by atoms with Gasteiger partial charge in [0, 0.05) is 17.2 Å². The van der Waals surface area contributed by atoms with E-state index in [1.807, 2.05) is 21.1 Å². The van der Waals surface area contributed by atoms with Crippen molar-refractivity contribution in [1.82, 2.24) is 0 Å². The van der Waals surface area contributed by atoms with Gasteiger partial charge in [-0.1, -0.05) is 19.7 Å². The van der Waals surface area contributed by atoms with Gasteiger partial charge in [0.25, 0.3) is 0 Å². The van der Waals surface area contributed by atoms with E-state index in [4.69, 9.17) is 4.74 Å². The molecule has 0 aromatic rings. The summed E-state index contributed by atoms with van der Waals surface area (Å²) in [5.41, 5.74) is 0.876. The summed E-state index contributed by atoms with van der Waals surface area (Å²) < 4.78 is 14.2. The highest BCUT2D eigenvalue weighted by molar-refractivity contribution is 5.87. The summed E-state index contributed by atoms with van der Waals surface area (Å²) in [6.07, 6.45) is 1.14. The van der Waals surface area contributed by atoms with Crippen LogP contribution in [0.5, 0.6) is 0 Å². The number of rotatable bonds is 6. The highest BCUT2D eigenvalue weighted by Gasteiger charge is 2.10. The van der Waals surface area contributed by atoms with Crippen LogP contribution >= 0.6 is 0 Å². The molecule has 0 saturated heterocycles. The summed E-state index contributed by atoms with van der Waals surface area (Å²) in [4.78, 5) is 31.1. The molecule has 0 unspecified atom stereocenters. The highest BCUT2D eigenvalue weighted by atomic mass is 35.5. The third kappa shape index (κ3) is 26.8. The van der Waals surface area contributed by atoms with Crippen LogP contribution in [-0.4, -0.2) is 64.0 Å². The number of esters is 3. The molecular formula is C18H32ClNO6. The zero-order chi connectivity index (χ0) is 20.6. The second-order valence-corrected chi connectivity index (χ2v) is 5.86.